The molecular weight excluding hydrogens is 1030 g/mol. The maximum atomic E-state index is 3.68. The van der Waals surface area contributed by atoms with Gasteiger partial charge >= 0.3 is 0 Å². The fourth-order valence-corrected chi connectivity index (χ4v) is 13.0. The summed E-state index contributed by atoms with van der Waals surface area (Å²) in [7, 11) is 6.49. The van der Waals surface area contributed by atoms with Crippen LogP contribution in [0.5, 0.6) is 0 Å². The average Bonchev–Trinajstić information content (AvgIpc) is 3.49. The second kappa shape index (κ2) is 78.0. The zero-order chi connectivity index (χ0) is 62.1. The van der Waals surface area contributed by atoms with Crippen LogP contribution in [0.1, 0.15) is 420 Å². The lowest BCUT2D eigenvalue weighted by Gasteiger charge is -2.21. The van der Waals surface area contributed by atoms with E-state index in [0.717, 1.165) is 30.8 Å². The Bertz CT molecular complexity index is 987. The summed E-state index contributed by atoms with van der Waals surface area (Å²) in [6.45, 7) is 25.3. The fraction of sp³-hybridized carbons (Fsp3) is 1.00. The van der Waals surface area contributed by atoms with E-state index in [1.165, 1.54) is 425 Å². The Hall–Kier alpha value is -0.200. The lowest BCUT2D eigenvalue weighted by atomic mass is 9.96. The Kier molecular flexibility index (Phi) is 79.8. The van der Waals surface area contributed by atoms with Crippen molar-refractivity contribution in [1.82, 2.24) is 25.8 Å². The number of piperazine rings is 1. The molecule has 0 aromatic carbocycles. The maximum Gasteiger partial charge on any atom is 0.0104 e. The van der Waals surface area contributed by atoms with E-state index in [9.17, 15) is 0 Å². The fourth-order valence-electron chi connectivity index (χ4n) is 13.0. The first-order chi connectivity index (χ1) is 41.8. The quantitative estimate of drug-likeness (QED) is 0.0530. The summed E-state index contributed by atoms with van der Waals surface area (Å²) in [5.74, 6) is 2.88. The molecule has 0 aliphatic carbocycles. The zero-order valence-corrected chi connectivity index (χ0v) is 61.2. The summed E-state index contributed by atoms with van der Waals surface area (Å²) < 4.78 is 0. The van der Waals surface area contributed by atoms with Crippen LogP contribution in [0.3, 0.4) is 0 Å². The highest BCUT2D eigenvalue weighted by Gasteiger charge is 2.06. The van der Waals surface area contributed by atoms with Gasteiger partial charge in [-0.05, 0) is 104 Å². The van der Waals surface area contributed by atoms with Crippen molar-refractivity contribution < 1.29 is 0 Å². The van der Waals surface area contributed by atoms with Gasteiger partial charge < -0.3 is 25.8 Å². The minimum absolute atomic E-state index is 0.961. The maximum absolute atomic E-state index is 3.68. The van der Waals surface area contributed by atoms with Gasteiger partial charge in [0.2, 0.25) is 0 Å². The summed E-state index contributed by atoms with van der Waals surface area (Å²) >= 11 is 0. The Morgan fingerprint density at radius 2 is 0.518 bits per heavy atom. The first-order valence-corrected chi connectivity index (χ1v) is 40.2. The van der Waals surface area contributed by atoms with Crippen LogP contribution in [0.15, 0.2) is 0 Å². The topological polar surface area (TPSA) is 42.6 Å². The van der Waals surface area contributed by atoms with Crippen molar-refractivity contribution in [3.05, 3.63) is 0 Å². The molecule has 0 radical (unpaired) electrons. The van der Waals surface area contributed by atoms with Crippen molar-refractivity contribution in [2.75, 3.05) is 80.0 Å². The predicted octanol–water partition coefficient (Wildman–Crippen LogP) is 25.2. The highest BCUT2D eigenvalue weighted by Crippen LogP contribution is 2.22. The van der Waals surface area contributed by atoms with Crippen molar-refractivity contribution in [2.24, 2.45) is 17.8 Å². The lowest BCUT2D eigenvalue weighted by Crippen LogP contribution is -2.40. The van der Waals surface area contributed by atoms with E-state index in [1.807, 2.05) is 0 Å². The Morgan fingerprint density at radius 3 is 0.788 bits per heavy atom. The summed E-state index contributed by atoms with van der Waals surface area (Å²) in [5.41, 5.74) is 0. The molecule has 2 saturated heterocycles. The number of rotatable bonds is 45. The van der Waals surface area contributed by atoms with E-state index < -0.39 is 0 Å². The number of nitrogens with zero attached hydrogens (tertiary/aromatic N) is 2. The van der Waals surface area contributed by atoms with Crippen molar-refractivity contribution in [3.63, 3.8) is 0 Å². The molecule has 2 heterocycles. The second-order valence-electron chi connectivity index (χ2n) is 29.1. The van der Waals surface area contributed by atoms with Crippen molar-refractivity contribution in [1.29, 1.82) is 0 Å². The molecule has 0 bridgehead atoms. The molecule has 5 nitrogen and oxygen atoms in total. The third kappa shape index (κ3) is 81.8. The number of hydrogen-bond donors (Lipinski definition) is 3. The zero-order valence-electron chi connectivity index (χ0n) is 61.2. The van der Waals surface area contributed by atoms with Crippen LogP contribution < -0.4 is 16.0 Å². The molecule has 2 fully saturated rings. The summed E-state index contributed by atoms with van der Waals surface area (Å²) in [4.78, 5) is 4.62. The van der Waals surface area contributed by atoms with Crippen LogP contribution in [0.25, 0.3) is 0 Å². The van der Waals surface area contributed by atoms with Crippen LogP contribution in [0.4, 0.5) is 0 Å². The molecule has 2 aliphatic heterocycles. The van der Waals surface area contributed by atoms with Gasteiger partial charge in [-0.25, -0.2) is 0 Å². The second-order valence-corrected chi connectivity index (χ2v) is 29.1. The first kappa shape index (κ1) is 86.9. The molecule has 0 spiro atoms. The third-order valence-electron chi connectivity index (χ3n) is 19.4. The molecule has 5 heteroatoms. The molecular formula is C80H169N5. The monoisotopic (exact) mass is 1200 g/mol. The van der Waals surface area contributed by atoms with Crippen molar-refractivity contribution >= 4 is 0 Å². The molecule has 0 aromatic heterocycles. The molecule has 2 rings (SSSR count). The van der Waals surface area contributed by atoms with Gasteiger partial charge in [-0.2, -0.15) is 0 Å². The van der Waals surface area contributed by atoms with Crippen LogP contribution >= 0.6 is 0 Å². The average molecular weight is 1200 g/mol. The van der Waals surface area contributed by atoms with E-state index in [1.54, 1.807) is 0 Å². The van der Waals surface area contributed by atoms with Gasteiger partial charge in [0.1, 0.15) is 0 Å². The smallest absolute Gasteiger partial charge is 0.0104 e. The van der Waals surface area contributed by atoms with E-state index in [0.29, 0.717) is 0 Å². The number of unbranched alkanes of at least 4 members (excludes halogenated alkanes) is 27. The molecule has 85 heavy (non-hydrogen) atoms. The first-order valence-electron chi connectivity index (χ1n) is 40.2. The molecule has 3 unspecified atom stereocenters. The Labute approximate surface area is 541 Å². The Morgan fingerprint density at radius 1 is 0.294 bits per heavy atom. The molecule has 3 N–H and O–H groups in total. The van der Waals surface area contributed by atoms with Gasteiger partial charge in [0.15, 0.2) is 0 Å². The van der Waals surface area contributed by atoms with E-state index in [-0.39, 0.29) is 0 Å². The minimum Gasteiger partial charge on any atom is -0.317 e. The molecule has 2 aliphatic rings. The summed E-state index contributed by atoms with van der Waals surface area (Å²) in [6.07, 6.45) is 85.6. The minimum atomic E-state index is 0.961. The molecule has 0 aromatic rings. The predicted molar refractivity (Wildman–Crippen MR) is 392 cm³/mol. The number of likely N-dealkylation sites (N-methyl/N-ethyl adjacent to an activating group) is 1. The molecule has 0 saturated carbocycles. The van der Waals surface area contributed by atoms with Gasteiger partial charge in [-0.15, -0.1) is 0 Å². The lowest BCUT2D eigenvalue weighted by molar-refractivity contribution is 0.291. The number of nitrogens with one attached hydrogen (secondary N) is 3. The highest BCUT2D eigenvalue weighted by atomic mass is 15.2. The van der Waals surface area contributed by atoms with Crippen LogP contribution in [-0.2, 0) is 0 Å². The third-order valence-corrected chi connectivity index (χ3v) is 19.4. The molecule has 0 amide bonds. The standard InChI is InChI=1S/C34H71N.C22H45N.C19H41N.C5H12N2/c1-5-7-21-27-33(3)29-23-17-13-9-11-15-19-25-31-35-32-26-20-16-12-10-14-18-24-30-34(4)28-22-8-6-2;1-2-4-6-8-10-12-14-16-18-20-22-23-21-19-17-15-13-11-9-7-5-3-1;1-5-6-7-10-13-16-19(2)17-14-11-8-9-12-15-18-20(3)4;1-7-4-2-6-3-5-7/h33-35H,5-32H2,1-4H3;23H,1-22H2;19H,5-18H2,1-4H3;6H,2-5H2,1H3. The van der Waals surface area contributed by atoms with Gasteiger partial charge in [0.25, 0.3) is 0 Å². The van der Waals surface area contributed by atoms with Gasteiger partial charge in [-0.1, -0.05) is 388 Å². The van der Waals surface area contributed by atoms with Gasteiger partial charge in [0, 0.05) is 26.2 Å². The molecule has 3 atom stereocenters. The van der Waals surface area contributed by atoms with Crippen molar-refractivity contribution in [3.8, 4) is 0 Å². The normalized spacial score (nSPS) is 17.2. The summed E-state index contributed by atoms with van der Waals surface area (Å²) in [5, 5.41) is 10.6. The van der Waals surface area contributed by atoms with E-state index in [4.69, 9.17) is 0 Å². The summed E-state index contributed by atoms with van der Waals surface area (Å²) in [6, 6.07) is 0. The van der Waals surface area contributed by atoms with Crippen LogP contribution in [-0.4, -0.2) is 89.8 Å². The van der Waals surface area contributed by atoms with Gasteiger partial charge in [-0.3, -0.25) is 0 Å². The number of hydrogen-bond acceptors (Lipinski definition) is 5. The largest absolute Gasteiger partial charge is 0.317 e. The highest BCUT2D eigenvalue weighted by molar-refractivity contribution is 4.63. The Balaban J connectivity index is 0. The van der Waals surface area contributed by atoms with Crippen LogP contribution in [0.2, 0.25) is 0 Å². The van der Waals surface area contributed by atoms with E-state index in [2.05, 4.69) is 88.4 Å². The van der Waals surface area contributed by atoms with Crippen LogP contribution in [0, 0.1) is 17.8 Å². The molecule has 514 valence electrons. The van der Waals surface area contributed by atoms with Crippen molar-refractivity contribution in [2.45, 2.75) is 420 Å². The van der Waals surface area contributed by atoms with Gasteiger partial charge in [0.05, 0.1) is 0 Å². The SMILES string of the molecule is C1CCCCCCCCCCCNCCCCCCCCCC1.CCCCCC(C)CCCCCCCCCCNCCCCCCCCCCC(C)CCCCC.CCCCCCCC(C)CCCCCCCCN(C)C.CN1CCNCC1. The van der Waals surface area contributed by atoms with E-state index >= 15 is 0 Å².